The molecule has 72 valence electrons. The van der Waals surface area contributed by atoms with Crippen molar-refractivity contribution in [3.63, 3.8) is 0 Å². The largest absolute Gasteiger partial charge is 0.359 e. The van der Waals surface area contributed by atoms with Crippen molar-refractivity contribution in [3.8, 4) is 0 Å². The van der Waals surface area contributed by atoms with E-state index in [9.17, 15) is 0 Å². The maximum atomic E-state index is 4.24. The van der Waals surface area contributed by atoms with E-state index in [-0.39, 0.29) is 0 Å². The number of hydrogen-bond donors (Lipinski definition) is 1. The summed E-state index contributed by atoms with van der Waals surface area (Å²) in [5.41, 5.74) is 0. The molecule has 0 radical (unpaired) electrons. The quantitative estimate of drug-likeness (QED) is 0.782. The second kappa shape index (κ2) is 4.09. The first-order chi connectivity index (χ1) is 6.38. The third kappa shape index (κ3) is 2.69. The normalized spacial score (nSPS) is 18.5. The Morgan fingerprint density at radius 3 is 3.08 bits per heavy atom. The molecule has 1 N–H and O–H groups in total. The highest BCUT2D eigenvalue weighted by molar-refractivity contribution is 7.13. The maximum absolute atomic E-state index is 4.24. The summed E-state index contributed by atoms with van der Waals surface area (Å²) in [6, 6.07) is 0.638. The number of nitrogens with zero attached hydrogens (tertiary/aromatic N) is 1. The Morgan fingerprint density at radius 1 is 1.69 bits per heavy atom. The number of rotatable bonds is 5. The molecule has 0 aromatic carbocycles. The van der Waals surface area contributed by atoms with Gasteiger partial charge in [0.25, 0.3) is 0 Å². The minimum absolute atomic E-state index is 0.638. The summed E-state index contributed by atoms with van der Waals surface area (Å²) < 4.78 is 0. The summed E-state index contributed by atoms with van der Waals surface area (Å²) in [4.78, 5) is 4.24. The lowest BCUT2D eigenvalue weighted by atomic mass is 10.1. The lowest BCUT2D eigenvalue weighted by Gasteiger charge is -2.15. The van der Waals surface area contributed by atoms with Crippen molar-refractivity contribution in [2.75, 3.05) is 5.32 Å². The van der Waals surface area contributed by atoms with Gasteiger partial charge in [0.05, 0.1) is 0 Å². The van der Waals surface area contributed by atoms with Crippen LogP contribution >= 0.6 is 11.3 Å². The van der Waals surface area contributed by atoms with Crippen LogP contribution in [0.25, 0.3) is 0 Å². The molecular formula is C10H16N2S. The molecule has 1 aromatic rings. The Labute approximate surface area is 83.4 Å². The van der Waals surface area contributed by atoms with Gasteiger partial charge in [-0.3, -0.25) is 0 Å². The molecule has 0 aliphatic heterocycles. The van der Waals surface area contributed by atoms with Gasteiger partial charge in [-0.25, -0.2) is 4.98 Å². The van der Waals surface area contributed by atoms with E-state index in [0.29, 0.717) is 6.04 Å². The van der Waals surface area contributed by atoms with Crippen molar-refractivity contribution < 1.29 is 0 Å². The van der Waals surface area contributed by atoms with E-state index in [1.54, 1.807) is 11.3 Å². The Hall–Kier alpha value is -0.570. The van der Waals surface area contributed by atoms with Crippen molar-refractivity contribution in [1.82, 2.24) is 4.98 Å². The molecule has 3 heteroatoms. The fraction of sp³-hybridized carbons (Fsp3) is 0.700. The van der Waals surface area contributed by atoms with Crippen molar-refractivity contribution in [1.29, 1.82) is 0 Å². The van der Waals surface area contributed by atoms with E-state index in [1.807, 2.05) is 11.6 Å². The van der Waals surface area contributed by atoms with Crippen LogP contribution in [-0.4, -0.2) is 11.0 Å². The third-order valence-electron chi connectivity index (χ3n) is 2.57. The van der Waals surface area contributed by atoms with Gasteiger partial charge in [0.2, 0.25) is 0 Å². The van der Waals surface area contributed by atoms with Crippen molar-refractivity contribution in [3.05, 3.63) is 11.6 Å². The number of nitrogens with one attached hydrogen (secondary N) is 1. The Morgan fingerprint density at radius 2 is 2.54 bits per heavy atom. The summed E-state index contributed by atoms with van der Waals surface area (Å²) in [5.74, 6) is 0.998. The molecule has 0 amide bonds. The highest BCUT2D eigenvalue weighted by Crippen LogP contribution is 2.34. The topological polar surface area (TPSA) is 24.9 Å². The van der Waals surface area contributed by atoms with Gasteiger partial charge in [-0.05, 0) is 18.8 Å². The van der Waals surface area contributed by atoms with Crippen molar-refractivity contribution >= 4 is 16.5 Å². The van der Waals surface area contributed by atoms with Crippen LogP contribution in [0.15, 0.2) is 11.6 Å². The van der Waals surface area contributed by atoms with E-state index < -0.39 is 0 Å². The van der Waals surface area contributed by atoms with Gasteiger partial charge >= 0.3 is 0 Å². The monoisotopic (exact) mass is 196 g/mol. The fourth-order valence-corrected chi connectivity index (χ4v) is 2.16. The van der Waals surface area contributed by atoms with E-state index >= 15 is 0 Å². The predicted octanol–water partition coefficient (Wildman–Crippen LogP) is 3.13. The van der Waals surface area contributed by atoms with Crippen LogP contribution in [0.4, 0.5) is 5.13 Å². The molecule has 1 atom stereocenters. The molecule has 0 bridgehead atoms. The second-order valence-electron chi connectivity index (χ2n) is 3.77. The van der Waals surface area contributed by atoms with Gasteiger partial charge in [-0.1, -0.05) is 19.8 Å². The Bertz CT molecular complexity index is 241. The zero-order valence-electron chi connectivity index (χ0n) is 7.99. The molecule has 1 aliphatic carbocycles. The lowest BCUT2D eigenvalue weighted by Crippen LogP contribution is -2.18. The third-order valence-corrected chi connectivity index (χ3v) is 3.27. The molecule has 1 heterocycles. The average Bonchev–Trinajstić information content (AvgIpc) is 2.80. The fourth-order valence-electron chi connectivity index (χ4n) is 1.55. The summed E-state index contributed by atoms with van der Waals surface area (Å²) in [7, 11) is 0. The van der Waals surface area contributed by atoms with Crippen LogP contribution in [-0.2, 0) is 0 Å². The van der Waals surface area contributed by atoms with Gasteiger partial charge in [0.1, 0.15) is 0 Å². The first kappa shape index (κ1) is 9.00. The number of anilines is 1. The molecule has 0 spiro atoms. The Kier molecular flexibility index (Phi) is 2.83. The van der Waals surface area contributed by atoms with Crippen LogP contribution in [0, 0.1) is 5.92 Å². The van der Waals surface area contributed by atoms with E-state index in [2.05, 4.69) is 17.2 Å². The highest BCUT2D eigenvalue weighted by atomic mass is 32.1. The van der Waals surface area contributed by atoms with Gasteiger partial charge in [-0.15, -0.1) is 11.3 Å². The maximum Gasteiger partial charge on any atom is 0.182 e. The van der Waals surface area contributed by atoms with Crippen LogP contribution in [0.5, 0.6) is 0 Å². The van der Waals surface area contributed by atoms with Crippen LogP contribution in [0.2, 0.25) is 0 Å². The smallest absolute Gasteiger partial charge is 0.182 e. The highest BCUT2D eigenvalue weighted by Gasteiger charge is 2.24. The molecule has 0 saturated heterocycles. The molecule has 1 fully saturated rings. The lowest BCUT2D eigenvalue weighted by molar-refractivity contribution is 0.586. The molecule has 2 nitrogen and oxygen atoms in total. The van der Waals surface area contributed by atoms with Crippen molar-refractivity contribution in [2.24, 2.45) is 5.92 Å². The summed E-state index contributed by atoms with van der Waals surface area (Å²) >= 11 is 1.69. The average molecular weight is 196 g/mol. The van der Waals surface area contributed by atoms with Crippen LogP contribution < -0.4 is 5.32 Å². The van der Waals surface area contributed by atoms with Gasteiger partial charge in [-0.2, -0.15) is 0 Å². The van der Waals surface area contributed by atoms with Gasteiger partial charge in [0, 0.05) is 17.6 Å². The Balaban J connectivity index is 1.82. The zero-order chi connectivity index (χ0) is 9.10. The van der Waals surface area contributed by atoms with Crippen LogP contribution in [0.1, 0.15) is 32.6 Å². The first-order valence-electron chi connectivity index (χ1n) is 5.04. The number of thiazole rings is 1. The standard InChI is InChI=1S/C10H16N2S/c1-2-9(7-8-3-4-8)12-10-11-5-6-13-10/h5-6,8-9H,2-4,7H2,1H3,(H,11,12). The van der Waals surface area contributed by atoms with E-state index in [0.717, 1.165) is 11.0 Å². The molecular weight excluding hydrogens is 180 g/mol. The molecule has 1 saturated carbocycles. The van der Waals surface area contributed by atoms with Crippen LogP contribution in [0.3, 0.4) is 0 Å². The van der Waals surface area contributed by atoms with Gasteiger partial charge < -0.3 is 5.32 Å². The molecule has 2 rings (SSSR count). The first-order valence-corrected chi connectivity index (χ1v) is 5.92. The molecule has 1 unspecified atom stereocenters. The second-order valence-corrected chi connectivity index (χ2v) is 4.66. The zero-order valence-corrected chi connectivity index (χ0v) is 8.81. The SMILES string of the molecule is CCC(CC1CC1)Nc1nccs1. The van der Waals surface area contributed by atoms with Crippen molar-refractivity contribution in [2.45, 2.75) is 38.6 Å². The number of aromatic nitrogens is 1. The summed E-state index contributed by atoms with van der Waals surface area (Å²) in [6.45, 7) is 2.24. The summed E-state index contributed by atoms with van der Waals surface area (Å²) in [6.07, 6.45) is 7.27. The molecule has 1 aliphatic rings. The molecule has 13 heavy (non-hydrogen) atoms. The molecule has 1 aromatic heterocycles. The summed E-state index contributed by atoms with van der Waals surface area (Å²) in [5, 5.41) is 6.58. The predicted molar refractivity (Wildman–Crippen MR) is 57.2 cm³/mol. The van der Waals surface area contributed by atoms with E-state index in [4.69, 9.17) is 0 Å². The minimum Gasteiger partial charge on any atom is -0.359 e. The van der Waals surface area contributed by atoms with E-state index in [1.165, 1.54) is 25.7 Å². The number of hydrogen-bond acceptors (Lipinski definition) is 3. The minimum atomic E-state index is 0.638. The van der Waals surface area contributed by atoms with Gasteiger partial charge in [0.15, 0.2) is 5.13 Å².